The molecule has 0 saturated heterocycles. The number of aliphatic hydroxyl groups excluding tert-OH is 1. The van der Waals surface area contributed by atoms with Crippen molar-refractivity contribution in [1.82, 2.24) is 5.32 Å². The lowest BCUT2D eigenvalue weighted by molar-refractivity contribution is 0.0910. The highest BCUT2D eigenvalue weighted by Crippen LogP contribution is 2.02. The van der Waals surface area contributed by atoms with E-state index in [9.17, 15) is 9.18 Å². The summed E-state index contributed by atoms with van der Waals surface area (Å²) in [6, 6.07) is 5.25. The van der Waals surface area contributed by atoms with Crippen LogP contribution in [0.2, 0.25) is 0 Å². The van der Waals surface area contributed by atoms with E-state index in [1.807, 2.05) is 0 Å². The van der Waals surface area contributed by atoms with Gasteiger partial charge in [-0.15, -0.1) is 0 Å². The number of hydrogen-bond donors (Lipinski definition) is 2. The largest absolute Gasteiger partial charge is 0.376 e. The van der Waals surface area contributed by atoms with Crippen LogP contribution < -0.4 is 5.32 Å². The number of benzene rings is 1. The highest BCUT2D eigenvalue weighted by molar-refractivity contribution is 5.93. The van der Waals surface area contributed by atoms with Gasteiger partial charge in [0.15, 0.2) is 0 Å². The first-order valence-electron chi connectivity index (χ1n) is 3.38. The molecule has 0 bridgehead atoms. The summed E-state index contributed by atoms with van der Waals surface area (Å²) >= 11 is 0. The number of carbonyl (C=O) groups is 1. The lowest BCUT2D eigenvalue weighted by Gasteiger charge is -2.00. The van der Waals surface area contributed by atoms with Gasteiger partial charge in [0.25, 0.3) is 5.91 Å². The Morgan fingerprint density at radius 3 is 2.92 bits per heavy atom. The van der Waals surface area contributed by atoms with E-state index in [1.165, 1.54) is 18.2 Å². The minimum Gasteiger partial charge on any atom is -0.376 e. The van der Waals surface area contributed by atoms with Crippen LogP contribution in [0.4, 0.5) is 4.39 Å². The molecule has 0 aliphatic heterocycles. The first-order chi connectivity index (χ1) is 5.74. The van der Waals surface area contributed by atoms with Gasteiger partial charge >= 0.3 is 0 Å². The lowest BCUT2D eigenvalue weighted by atomic mass is 10.2. The number of halogens is 1. The van der Waals surface area contributed by atoms with Gasteiger partial charge in [-0.1, -0.05) is 6.07 Å². The molecule has 2 N–H and O–H groups in total. The molecule has 1 rings (SSSR count). The minimum absolute atomic E-state index is 0.198. The van der Waals surface area contributed by atoms with Crippen LogP contribution in [0.1, 0.15) is 10.4 Å². The molecule has 0 unspecified atom stereocenters. The summed E-state index contributed by atoms with van der Waals surface area (Å²) in [4.78, 5) is 11.0. The maximum Gasteiger partial charge on any atom is 0.253 e. The van der Waals surface area contributed by atoms with Gasteiger partial charge < -0.3 is 10.4 Å². The fraction of sp³-hybridized carbons (Fsp3) is 0.125. The molecule has 12 heavy (non-hydrogen) atoms. The number of rotatable bonds is 2. The van der Waals surface area contributed by atoms with E-state index >= 15 is 0 Å². The molecule has 0 aliphatic carbocycles. The van der Waals surface area contributed by atoms with Crippen LogP contribution in [0.5, 0.6) is 0 Å². The van der Waals surface area contributed by atoms with Gasteiger partial charge in [0.2, 0.25) is 0 Å². The second-order valence-corrected chi connectivity index (χ2v) is 2.17. The van der Waals surface area contributed by atoms with E-state index in [0.717, 1.165) is 6.07 Å². The highest BCUT2D eigenvalue weighted by Gasteiger charge is 2.03. The van der Waals surface area contributed by atoms with Crippen molar-refractivity contribution in [3.8, 4) is 0 Å². The van der Waals surface area contributed by atoms with Crippen molar-refractivity contribution in [1.29, 1.82) is 0 Å². The smallest absolute Gasteiger partial charge is 0.253 e. The zero-order chi connectivity index (χ0) is 8.97. The van der Waals surface area contributed by atoms with Gasteiger partial charge in [-0.2, -0.15) is 0 Å². The predicted octanol–water partition coefficient (Wildman–Crippen LogP) is 0.505. The first kappa shape index (κ1) is 8.67. The molecule has 64 valence electrons. The standard InChI is InChI=1S/C8H8FNO2/c9-7-3-1-2-6(4-7)8(12)10-5-11/h1-4,11H,5H2,(H,10,12). The fourth-order valence-electron chi connectivity index (χ4n) is 0.804. The minimum atomic E-state index is -0.489. The monoisotopic (exact) mass is 169 g/mol. The lowest BCUT2D eigenvalue weighted by Crippen LogP contribution is -2.23. The number of hydrogen-bond acceptors (Lipinski definition) is 2. The van der Waals surface area contributed by atoms with Gasteiger partial charge in [-0.25, -0.2) is 4.39 Å². The zero-order valence-corrected chi connectivity index (χ0v) is 6.25. The molecule has 0 aromatic heterocycles. The molecule has 1 aromatic rings. The Labute approximate surface area is 68.8 Å². The SMILES string of the molecule is O=C(NCO)c1cccc(F)c1. The molecule has 0 saturated carbocycles. The van der Waals surface area contributed by atoms with Crippen LogP contribution in [0.25, 0.3) is 0 Å². The van der Waals surface area contributed by atoms with Crippen LogP contribution in [-0.4, -0.2) is 17.7 Å². The van der Waals surface area contributed by atoms with E-state index in [1.54, 1.807) is 0 Å². The van der Waals surface area contributed by atoms with E-state index < -0.39 is 18.5 Å². The third-order valence-electron chi connectivity index (χ3n) is 1.33. The van der Waals surface area contributed by atoms with Gasteiger partial charge in [-0.05, 0) is 18.2 Å². The van der Waals surface area contributed by atoms with Crippen LogP contribution in [0.3, 0.4) is 0 Å². The second kappa shape index (κ2) is 3.82. The molecule has 0 fully saturated rings. The topological polar surface area (TPSA) is 49.3 Å². The average Bonchev–Trinajstić information content (AvgIpc) is 2.05. The normalized spacial score (nSPS) is 9.50. The van der Waals surface area contributed by atoms with Crippen molar-refractivity contribution in [2.24, 2.45) is 0 Å². The van der Waals surface area contributed by atoms with Crippen LogP contribution in [0, 0.1) is 5.82 Å². The van der Waals surface area contributed by atoms with Crippen molar-refractivity contribution < 1.29 is 14.3 Å². The van der Waals surface area contributed by atoms with E-state index in [2.05, 4.69) is 5.32 Å². The van der Waals surface area contributed by atoms with E-state index in [-0.39, 0.29) is 5.56 Å². The summed E-state index contributed by atoms with van der Waals surface area (Å²) in [7, 11) is 0. The average molecular weight is 169 g/mol. The maximum atomic E-state index is 12.5. The molecule has 3 nitrogen and oxygen atoms in total. The van der Waals surface area contributed by atoms with Gasteiger partial charge in [0.1, 0.15) is 12.5 Å². The maximum absolute atomic E-state index is 12.5. The Morgan fingerprint density at radius 1 is 1.58 bits per heavy atom. The van der Waals surface area contributed by atoms with Crippen molar-refractivity contribution in [3.05, 3.63) is 35.6 Å². The molecule has 0 spiro atoms. The van der Waals surface area contributed by atoms with Crippen LogP contribution in [-0.2, 0) is 0 Å². The Bertz CT molecular complexity index is 288. The van der Waals surface area contributed by atoms with E-state index in [4.69, 9.17) is 5.11 Å². The third kappa shape index (κ3) is 2.03. The van der Waals surface area contributed by atoms with E-state index in [0.29, 0.717) is 0 Å². The number of carbonyl (C=O) groups excluding carboxylic acids is 1. The Balaban J connectivity index is 2.81. The molecule has 0 radical (unpaired) electrons. The summed E-state index contributed by atoms with van der Waals surface area (Å²) in [5, 5.41) is 10.5. The fourth-order valence-corrected chi connectivity index (χ4v) is 0.804. The molecule has 1 aromatic carbocycles. The molecular weight excluding hydrogens is 161 g/mol. The van der Waals surface area contributed by atoms with Crippen LogP contribution >= 0.6 is 0 Å². The van der Waals surface area contributed by atoms with Crippen molar-refractivity contribution in [2.45, 2.75) is 0 Å². The second-order valence-electron chi connectivity index (χ2n) is 2.17. The Hall–Kier alpha value is -1.42. The summed E-state index contributed by atoms with van der Waals surface area (Å²) in [6.45, 7) is -0.449. The Kier molecular flexibility index (Phi) is 2.76. The van der Waals surface area contributed by atoms with Crippen molar-refractivity contribution in [3.63, 3.8) is 0 Å². The Morgan fingerprint density at radius 2 is 2.33 bits per heavy atom. The molecule has 0 aliphatic rings. The molecule has 0 heterocycles. The molecular formula is C8H8FNO2. The van der Waals surface area contributed by atoms with Gasteiger partial charge in [0, 0.05) is 5.56 Å². The zero-order valence-electron chi connectivity index (χ0n) is 6.25. The quantitative estimate of drug-likeness (QED) is 0.633. The summed E-state index contributed by atoms with van der Waals surface area (Å²) < 4.78 is 12.5. The number of nitrogens with one attached hydrogen (secondary N) is 1. The molecule has 0 atom stereocenters. The molecule has 1 amide bonds. The predicted molar refractivity (Wildman–Crippen MR) is 41.0 cm³/mol. The number of amides is 1. The summed E-state index contributed by atoms with van der Waals surface area (Å²) in [5.41, 5.74) is 0.198. The summed E-state index contributed by atoms with van der Waals surface area (Å²) in [5.74, 6) is -0.961. The first-order valence-corrected chi connectivity index (χ1v) is 3.38. The summed E-state index contributed by atoms with van der Waals surface area (Å²) in [6.07, 6.45) is 0. The van der Waals surface area contributed by atoms with Crippen molar-refractivity contribution >= 4 is 5.91 Å². The van der Waals surface area contributed by atoms with Gasteiger partial charge in [-0.3, -0.25) is 4.79 Å². The van der Waals surface area contributed by atoms with Gasteiger partial charge in [0.05, 0.1) is 0 Å². The third-order valence-corrected chi connectivity index (χ3v) is 1.33. The van der Waals surface area contributed by atoms with Crippen molar-refractivity contribution in [2.75, 3.05) is 6.73 Å². The highest BCUT2D eigenvalue weighted by atomic mass is 19.1. The number of aliphatic hydroxyl groups is 1. The molecule has 4 heteroatoms. The van der Waals surface area contributed by atoms with Crippen LogP contribution in [0.15, 0.2) is 24.3 Å².